The van der Waals surface area contributed by atoms with Crippen molar-refractivity contribution in [2.24, 2.45) is 0 Å². The van der Waals surface area contributed by atoms with Gasteiger partial charge in [0.05, 0.1) is 22.5 Å². The van der Waals surface area contributed by atoms with Gasteiger partial charge in [0.25, 0.3) is 0 Å². The summed E-state index contributed by atoms with van der Waals surface area (Å²) in [6.45, 7) is 1.18. The second-order valence-electron chi connectivity index (χ2n) is 6.99. The standard InChI is InChI=1S/C21H22ClN3O3S/c1-28-20-9-6-16(14-18(20)22)23-21-10-5-15-13-17(7-8-19(15)24-21)29(26,27)25-11-3-2-4-12-25/h5-10,13-14H,2-4,11-12H2,1H3,(H,23,24). The Morgan fingerprint density at radius 3 is 2.55 bits per heavy atom. The summed E-state index contributed by atoms with van der Waals surface area (Å²) in [7, 11) is -1.89. The van der Waals surface area contributed by atoms with Crippen LogP contribution < -0.4 is 10.1 Å². The zero-order valence-corrected chi connectivity index (χ0v) is 17.6. The lowest BCUT2D eigenvalue weighted by atomic mass is 10.2. The Hall–Kier alpha value is -2.35. The molecule has 0 amide bonds. The molecule has 0 saturated carbocycles. The van der Waals surface area contributed by atoms with Crippen molar-refractivity contribution < 1.29 is 13.2 Å². The number of halogens is 1. The quantitative estimate of drug-likeness (QED) is 0.627. The molecule has 0 radical (unpaired) electrons. The second kappa shape index (κ2) is 8.18. The molecule has 1 N–H and O–H groups in total. The summed E-state index contributed by atoms with van der Waals surface area (Å²) < 4.78 is 32.5. The fraction of sp³-hybridized carbons (Fsp3) is 0.286. The maximum absolute atomic E-state index is 12.9. The summed E-state index contributed by atoms with van der Waals surface area (Å²) in [5.74, 6) is 1.25. The van der Waals surface area contributed by atoms with E-state index < -0.39 is 10.0 Å². The van der Waals surface area contributed by atoms with E-state index in [0.29, 0.717) is 40.1 Å². The van der Waals surface area contributed by atoms with Crippen LogP contribution in [0.15, 0.2) is 53.4 Å². The van der Waals surface area contributed by atoms with Crippen LogP contribution in [0, 0.1) is 0 Å². The predicted octanol–water partition coefficient (Wildman–Crippen LogP) is 4.82. The molecule has 0 bridgehead atoms. The van der Waals surface area contributed by atoms with Crippen LogP contribution in [0.5, 0.6) is 5.75 Å². The monoisotopic (exact) mass is 431 g/mol. The van der Waals surface area contributed by atoms with Gasteiger partial charge >= 0.3 is 0 Å². The number of hydrogen-bond acceptors (Lipinski definition) is 5. The van der Waals surface area contributed by atoms with Crippen LogP contribution in [0.4, 0.5) is 11.5 Å². The number of nitrogens with zero attached hydrogens (tertiary/aromatic N) is 2. The zero-order chi connectivity index (χ0) is 20.4. The number of fused-ring (bicyclic) bond motifs is 1. The van der Waals surface area contributed by atoms with Crippen molar-refractivity contribution in [3.63, 3.8) is 0 Å². The molecule has 29 heavy (non-hydrogen) atoms. The van der Waals surface area contributed by atoms with Gasteiger partial charge in [0, 0.05) is 24.2 Å². The lowest BCUT2D eigenvalue weighted by molar-refractivity contribution is 0.346. The van der Waals surface area contributed by atoms with Crippen molar-refractivity contribution in [1.82, 2.24) is 9.29 Å². The number of ether oxygens (including phenoxy) is 1. The molecule has 0 unspecified atom stereocenters. The van der Waals surface area contributed by atoms with Gasteiger partial charge in [-0.3, -0.25) is 0 Å². The van der Waals surface area contributed by atoms with E-state index in [-0.39, 0.29) is 0 Å². The summed E-state index contributed by atoms with van der Waals surface area (Å²) in [4.78, 5) is 4.90. The van der Waals surface area contributed by atoms with Gasteiger partial charge in [0.15, 0.2) is 0 Å². The van der Waals surface area contributed by atoms with Crippen molar-refractivity contribution in [3.05, 3.63) is 53.6 Å². The molecule has 1 aliphatic rings. The maximum atomic E-state index is 12.9. The lowest BCUT2D eigenvalue weighted by Crippen LogP contribution is -2.35. The fourth-order valence-electron chi connectivity index (χ4n) is 3.48. The minimum atomic E-state index is -3.46. The first-order valence-electron chi connectivity index (χ1n) is 9.49. The first kappa shape index (κ1) is 19.9. The van der Waals surface area contributed by atoms with Gasteiger partial charge in [-0.2, -0.15) is 4.31 Å². The zero-order valence-electron chi connectivity index (χ0n) is 16.1. The van der Waals surface area contributed by atoms with E-state index in [2.05, 4.69) is 10.3 Å². The smallest absolute Gasteiger partial charge is 0.243 e. The van der Waals surface area contributed by atoms with Gasteiger partial charge in [-0.05, 0) is 61.4 Å². The molecule has 8 heteroatoms. The fourth-order valence-corrected chi connectivity index (χ4v) is 5.29. The number of hydrogen-bond donors (Lipinski definition) is 1. The first-order chi connectivity index (χ1) is 14.0. The highest BCUT2D eigenvalue weighted by Crippen LogP contribution is 2.29. The number of sulfonamides is 1. The Balaban J connectivity index is 1.59. The highest BCUT2D eigenvalue weighted by atomic mass is 35.5. The Bertz CT molecular complexity index is 1150. The molecule has 6 nitrogen and oxygen atoms in total. The molecule has 152 valence electrons. The lowest BCUT2D eigenvalue weighted by Gasteiger charge is -2.25. The summed E-state index contributed by atoms with van der Waals surface area (Å²) >= 11 is 6.17. The highest BCUT2D eigenvalue weighted by Gasteiger charge is 2.26. The number of methoxy groups -OCH3 is 1. The molecule has 0 spiro atoms. The molecular formula is C21H22ClN3O3S. The number of benzene rings is 2. The second-order valence-corrected chi connectivity index (χ2v) is 9.34. The van der Waals surface area contributed by atoms with Gasteiger partial charge < -0.3 is 10.1 Å². The first-order valence-corrected chi connectivity index (χ1v) is 11.3. The van der Waals surface area contributed by atoms with Gasteiger partial charge in [0.2, 0.25) is 10.0 Å². The number of rotatable bonds is 5. The Morgan fingerprint density at radius 2 is 1.83 bits per heavy atom. The van der Waals surface area contributed by atoms with Gasteiger partial charge in [-0.15, -0.1) is 0 Å². The number of anilines is 2. The molecule has 1 saturated heterocycles. The largest absolute Gasteiger partial charge is 0.495 e. The Labute approximate surface area is 175 Å². The van der Waals surface area contributed by atoms with E-state index in [1.165, 1.54) is 0 Å². The van der Waals surface area contributed by atoms with Gasteiger partial charge in [-0.25, -0.2) is 13.4 Å². The molecule has 0 atom stereocenters. The van der Waals surface area contributed by atoms with E-state index in [0.717, 1.165) is 30.3 Å². The molecule has 1 fully saturated rings. The van der Waals surface area contributed by atoms with Crippen molar-refractivity contribution in [2.45, 2.75) is 24.2 Å². The van der Waals surface area contributed by atoms with Crippen LogP contribution in [-0.2, 0) is 10.0 Å². The minimum Gasteiger partial charge on any atom is -0.495 e. The van der Waals surface area contributed by atoms with Crippen LogP contribution in [0.2, 0.25) is 5.02 Å². The van der Waals surface area contributed by atoms with Crippen molar-refractivity contribution in [3.8, 4) is 5.75 Å². The van der Waals surface area contributed by atoms with E-state index >= 15 is 0 Å². The number of aromatic nitrogens is 1. The molecule has 0 aliphatic carbocycles. The SMILES string of the molecule is COc1ccc(Nc2ccc3cc(S(=O)(=O)N4CCCCC4)ccc3n2)cc1Cl. The molecule has 1 aromatic heterocycles. The van der Waals surface area contributed by atoms with Crippen LogP contribution in [0.3, 0.4) is 0 Å². The summed E-state index contributed by atoms with van der Waals surface area (Å²) in [5.41, 5.74) is 1.50. The van der Waals surface area contributed by atoms with E-state index in [9.17, 15) is 8.42 Å². The normalized spacial score (nSPS) is 15.4. The average molecular weight is 432 g/mol. The van der Waals surface area contributed by atoms with E-state index in [1.807, 2.05) is 18.2 Å². The Kier molecular flexibility index (Phi) is 5.63. The summed E-state index contributed by atoms with van der Waals surface area (Å²) in [5, 5.41) is 4.49. The molecule has 2 heterocycles. The van der Waals surface area contributed by atoms with Crippen LogP contribution in [0.1, 0.15) is 19.3 Å². The van der Waals surface area contributed by atoms with Crippen LogP contribution >= 0.6 is 11.6 Å². The van der Waals surface area contributed by atoms with Crippen LogP contribution in [-0.4, -0.2) is 37.9 Å². The van der Waals surface area contributed by atoms with Crippen molar-refractivity contribution >= 4 is 44.0 Å². The summed E-state index contributed by atoms with van der Waals surface area (Å²) in [6.07, 6.45) is 2.92. The van der Waals surface area contributed by atoms with Crippen LogP contribution in [0.25, 0.3) is 10.9 Å². The molecular weight excluding hydrogens is 410 g/mol. The Morgan fingerprint density at radius 1 is 1.03 bits per heavy atom. The number of nitrogens with one attached hydrogen (secondary N) is 1. The average Bonchev–Trinajstić information content (AvgIpc) is 2.74. The third-order valence-corrected chi connectivity index (χ3v) is 7.23. The maximum Gasteiger partial charge on any atom is 0.243 e. The topological polar surface area (TPSA) is 71.5 Å². The van der Waals surface area contributed by atoms with Crippen molar-refractivity contribution in [1.29, 1.82) is 0 Å². The number of pyridine rings is 1. The van der Waals surface area contributed by atoms with E-state index in [4.69, 9.17) is 16.3 Å². The van der Waals surface area contributed by atoms with Gasteiger partial charge in [-0.1, -0.05) is 18.0 Å². The van der Waals surface area contributed by atoms with Gasteiger partial charge in [0.1, 0.15) is 11.6 Å². The molecule has 1 aliphatic heterocycles. The third kappa shape index (κ3) is 4.17. The predicted molar refractivity (Wildman–Crippen MR) is 116 cm³/mol. The molecule has 2 aromatic carbocycles. The highest BCUT2D eigenvalue weighted by molar-refractivity contribution is 7.89. The van der Waals surface area contributed by atoms with Crippen molar-refractivity contribution in [2.75, 3.05) is 25.5 Å². The number of piperidine rings is 1. The molecule has 4 rings (SSSR count). The third-order valence-electron chi connectivity index (χ3n) is 5.04. The molecule has 3 aromatic rings. The minimum absolute atomic E-state index is 0.316. The van der Waals surface area contributed by atoms with E-state index in [1.54, 1.807) is 41.7 Å². The summed E-state index contributed by atoms with van der Waals surface area (Å²) in [6, 6.07) is 14.2.